The van der Waals surface area contributed by atoms with E-state index in [1.807, 2.05) is 54.6 Å². The van der Waals surface area contributed by atoms with Crippen LogP contribution in [-0.2, 0) is 0 Å². The molecule has 5 heteroatoms. The number of anilines is 1. The fraction of sp³-hybridized carbons (Fsp3) is 0. The van der Waals surface area contributed by atoms with Gasteiger partial charge in [0.05, 0.1) is 5.69 Å². The van der Waals surface area contributed by atoms with Crippen molar-refractivity contribution in [3.05, 3.63) is 94.3 Å². The molecule has 4 rings (SSSR count). The number of benzene rings is 3. The lowest BCUT2D eigenvalue weighted by Gasteiger charge is -2.06. The van der Waals surface area contributed by atoms with Crippen LogP contribution >= 0.6 is 27.3 Å². The maximum absolute atomic E-state index is 12.3. The molecule has 0 atom stereocenters. The summed E-state index contributed by atoms with van der Waals surface area (Å²) in [5, 5.41) is 5.97. The summed E-state index contributed by atoms with van der Waals surface area (Å²) < 4.78 is 0.946. The van der Waals surface area contributed by atoms with Gasteiger partial charge in [0.1, 0.15) is 5.01 Å². The SMILES string of the molecule is O=C(Nc1ccc(-c2csc(-c3ccccc3)n2)cc1)c1ccc(Br)cc1. The summed E-state index contributed by atoms with van der Waals surface area (Å²) >= 11 is 5.00. The van der Waals surface area contributed by atoms with E-state index < -0.39 is 0 Å². The summed E-state index contributed by atoms with van der Waals surface area (Å²) in [6, 6.07) is 25.2. The second kappa shape index (κ2) is 7.86. The van der Waals surface area contributed by atoms with E-state index in [4.69, 9.17) is 4.98 Å². The Hall–Kier alpha value is -2.76. The van der Waals surface area contributed by atoms with Gasteiger partial charge in [0.25, 0.3) is 5.91 Å². The molecule has 0 aliphatic carbocycles. The van der Waals surface area contributed by atoms with Gasteiger partial charge in [-0.25, -0.2) is 4.98 Å². The average molecular weight is 435 g/mol. The van der Waals surface area contributed by atoms with Crippen molar-refractivity contribution < 1.29 is 4.79 Å². The van der Waals surface area contributed by atoms with Crippen molar-refractivity contribution in [2.45, 2.75) is 0 Å². The number of hydrogen-bond acceptors (Lipinski definition) is 3. The van der Waals surface area contributed by atoms with Crippen LogP contribution in [0.2, 0.25) is 0 Å². The first-order valence-electron chi connectivity index (χ1n) is 8.37. The molecular formula is C22H15BrN2OS. The number of nitrogens with one attached hydrogen (secondary N) is 1. The minimum absolute atomic E-state index is 0.129. The second-order valence-electron chi connectivity index (χ2n) is 5.94. The molecule has 0 unspecified atom stereocenters. The van der Waals surface area contributed by atoms with Gasteiger partial charge in [-0.05, 0) is 36.4 Å². The summed E-state index contributed by atoms with van der Waals surface area (Å²) in [4.78, 5) is 17.0. The predicted molar refractivity (Wildman–Crippen MR) is 115 cm³/mol. The van der Waals surface area contributed by atoms with Gasteiger partial charge in [-0.15, -0.1) is 11.3 Å². The molecule has 0 saturated heterocycles. The normalized spacial score (nSPS) is 10.6. The van der Waals surface area contributed by atoms with Gasteiger partial charge in [0.15, 0.2) is 0 Å². The van der Waals surface area contributed by atoms with Gasteiger partial charge in [0.2, 0.25) is 0 Å². The van der Waals surface area contributed by atoms with E-state index in [0.29, 0.717) is 5.56 Å². The van der Waals surface area contributed by atoms with Crippen molar-refractivity contribution in [2.24, 2.45) is 0 Å². The number of nitrogens with zero attached hydrogens (tertiary/aromatic N) is 1. The van der Waals surface area contributed by atoms with E-state index in [1.165, 1.54) is 0 Å². The lowest BCUT2D eigenvalue weighted by atomic mass is 10.1. The van der Waals surface area contributed by atoms with Crippen LogP contribution in [0.25, 0.3) is 21.8 Å². The maximum atomic E-state index is 12.3. The van der Waals surface area contributed by atoms with Crippen molar-refractivity contribution in [3.8, 4) is 21.8 Å². The summed E-state index contributed by atoms with van der Waals surface area (Å²) in [5.74, 6) is -0.129. The zero-order valence-electron chi connectivity index (χ0n) is 14.2. The minimum Gasteiger partial charge on any atom is -0.322 e. The van der Waals surface area contributed by atoms with E-state index in [2.05, 4.69) is 38.8 Å². The molecule has 0 bridgehead atoms. The van der Waals surface area contributed by atoms with Crippen LogP contribution in [0, 0.1) is 0 Å². The van der Waals surface area contributed by atoms with Crippen molar-refractivity contribution in [3.63, 3.8) is 0 Å². The highest BCUT2D eigenvalue weighted by atomic mass is 79.9. The Morgan fingerprint density at radius 3 is 2.26 bits per heavy atom. The quantitative estimate of drug-likeness (QED) is 0.398. The maximum Gasteiger partial charge on any atom is 0.255 e. The third kappa shape index (κ3) is 4.15. The first-order chi connectivity index (χ1) is 13.2. The van der Waals surface area contributed by atoms with E-state index in [0.717, 1.165) is 32.0 Å². The van der Waals surface area contributed by atoms with E-state index in [1.54, 1.807) is 23.5 Å². The van der Waals surface area contributed by atoms with Crippen LogP contribution in [0.15, 0.2) is 88.7 Å². The molecule has 1 amide bonds. The second-order valence-corrected chi connectivity index (χ2v) is 7.72. The zero-order chi connectivity index (χ0) is 18.6. The zero-order valence-corrected chi connectivity index (χ0v) is 16.6. The van der Waals surface area contributed by atoms with Gasteiger partial charge in [-0.3, -0.25) is 4.79 Å². The number of carbonyl (C=O) groups excluding carboxylic acids is 1. The first-order valence-corrected chi connectivity index (χ1v) is 10.0. The highest BCUT2D eigenvalue weighted by Gasteiger charge is 2.08. The van der Waals surface area contributed by atoms with Crippen LogP contribution in [0.1, 0.15) is 10.4 Å². The molecule has 1 heterocycles. The summed E-state index contributed by atoms with van der Waals surface area (Å²) in [5.41, 5.74) is 4.45. The van der Waals surface area contributed by atoms with Gasteiger partial charge in [-0.1, -0.05) is 58.4 Å². The molecular weight excluding hydrogens is 420 g/mol. The van der Waals surface area contributed by atoms with Crippen LogP contribution in [-0.4, -0.2) is 10.9 Å². The van der Waals surface area contributed by atoms with Crippen molar-refractivity contribution in [1.82, 2.24) is 4.98 Å². The number of thiazole rings is 1. The van der Waals surface area contributed by atoms with E-state index in [9.17, 15) is 4.79 Å². The van der Waals surface area contributed by atoms with Crippen LogP contribution < -0.4 is 5.32 Å². The van der Waals surface area contributed by atoms with Crippen molar-refractivity contribution in [2.75, 3.05) is 5.32 Å². The molecule has 3 nitrogen and oxygen atoms in total. The Bertz CT molecular complexity index is 1060. The minimum atomic E-state index is -0.129. The molecule has 0 aliphatic heterocycles. The number of aromatic nitrogens is 1. The smallest absolute Gasteiger partial charge is 0.255 e. The fourth-order valence-corrected chi connectivity index (χ4v) is 3.75. The Morgan fingerprint density at radius 2 is 1.56 bits per heavy atom. The summed E-state index contributed by atoms with van der Waals surface area (Å²) in [6.45, 7) is 0. The van der Waals surface area contributed by atoms with Crippen molar-refractivity contribution in [1.29, 1.82) is 0 Å². The standard InChI is InChI=1S/C22H15BrN2OS/c23-18-10-6-16(7-11-18)21(26)24-19-12-8-15(9-13-19)20-14-27-22(25-20)17-4-2-1-3-5-17/h1-14H,(H,24,26). The predicted octanol–water partition coefficient (Wildman–Crippen LogP) is 6.49. The third-order valence-corrected chi connectivity index (χ3v) is 5.49. The molecule has 27 heavy (non-hydrogen) atoms. The third-order valence-electron chi connectivity index (χ3n) is 4.07. The summed E-state index contributed by atoms with van der Waals surface area (Å²) in [7, 11) is 0. The number of hydrogen-bond donors (Lipinski definition) is 1. The molecule has 3 aromatic carbocycles. The molecule has 0 fully saturated rings. The molecule has 0 aliphatic rings. The highest BCUT2D eigenvalue weighted by Crippen LogP contribution is 2.29. The van der Waals surface area contributed by atoms with Gasteiger partial charge >= 0.3 is 0 Å². The number of carbonyl (C=O) groups is 1. The Balaban J connectivity index is 1.48. The lowest BCUT2D eigenvalue weighted by Crippen LogP contribution is -2.11. The van der Waals surface area contributed by atoms with Crippen molar-refractivity contribution >= 4 is 38.9 Å². The Kier molecular flexibility index (Phi) is 5.14. The number of halogens is 1. The summed E-state index contributed by atoms with van der Waals surface area (Å²) in [6.07, 6.45) is 0. The highest BCUT2D eigenvalue weighted by molar-refractivity contribution is 9.10. The van der Waals surface area contributed by atoms with E-state index in [-0.39, 0.29) is 5.91 Å². The molecule has 0 radical (unpaired) electrons. The van der Waals surface area contributed by atoms with Crippen LogP contribution in [0.3, 0.4) is 0 Å². The molecule has 4 aromatic rings. The largest absolute Gasteiger partial charge is 0.322 e. The lowest BCUT2D eigenvalue weighted by molar-refractivity contribution is 0.102. The van der Waals surface area contributed by atoms with Crippen LogP contribution in [0.4, 0.5) is 5.69 Å². The van der Waals surface area contributed by atoms with Gasteiger partial charge < -0.3 is 5.32 Å². The van der Waals surface area contributed by atoms with E-state index >= 15 is 0 Å². The first kappa shape index (κ1) is 17.6. The average Bonchev–Trinajstić information content (AvgIpc) is 3.20. The number of amides is 1. The fourth-order valence-electron chi connectivity index (χ4n) is 2.65. The number of rotatable bonds is 4. The Morgan fingerprint density at radius 1 is 0.852 bits per heavy atom. The van der Waals surface area contributed by atoms with Gasteiger partial charge in [-0.2, -0.15) is 0 Å². The van der Waals surface area contributed by atoms with Gasteiger partial charge in [0, 0.05) is 32.2 Å². The molecule has 1 aromatic heterocycles. The Labute approximate surface area is 169 Å². The molecule has 0 spiro atoms. The molecule has 132 valence electrons. The topological polar surface area (TPSA) is 42.0 Å². The monoisotopic (exact) mass is 434 g/mol. The molecule has 1 N–H and O–H groups in total. The van der Waals surface area contributed by atoms with Crippen LogP contribution in [0.5, 0.6) is 0 Å². The molecule has 0 saturated carbocycles.